The van der Waals surface area contributed by atoms with Gasteiger partial charge in [0.15, 0.2) is 23.3 Å². The van der Waals surface area contributed by atoms with Crippen molar-refractivity contribution >= 4 is 14.5 Å². The second-order valence-corrected chi connectivity index (χ2v) is 2.30. The molecule has 0 bridgehead atoms. The van der Waals surface area contributed by atoms with Gasteiger partial charge in [-0.05, 0) is 15.3 Å². The van der Waals surface area contributed by atoms with Crippen LogP contribution in [0, 0.1) is 23.3 Å². The first-order valence-corrected chi connectivity index (χ1v) is 3.00. The minimum Gasteiger partial charge on any atom is -0.204 e. The summed E-state index contributed by atoms with van der Waals surface area (Å²) in [5, 5.41) is -0.554. The van der Waals surface area contributed by atoms with Crippen molar-refractivity contribution in [3.8, 4) is 0 Å². The van der Waals surface area contributed by atoms with Crippen LogP contribution < -0.4 is 5.30 Å². The molecule has 0 aliphatic rings. The third kappa shape index (κ3) is 1.36. The maximum absolute atomic E-state index is 12.3. The number of benzene rings is 1. The average Bonchev–Trinajstić information content (AvgIpc) is 1.97. The van der Waals surface area contributed by atoms with E-state index < -0.39 is 28.6 Å². The third-order valence-corrected chi connectivity index (χ3v) is 1.41. The van der Waals surface area contributed by atoms with E-state index in [0.717, 1.165) is 0 Å². The van der Waals surface area contributed by atoms with Crippen LogP contribution in [0.15, 0.2) is 6.07 Å². The van der Waals surface area contributed by atoms with E-state index in [1.165, 1.54) is 0 Å². The fraction of sp³-hybridized carbons (Fsp3) is 0. The van der Waals surface area contributed by atoms with Crippen LogP contribution in [0.4, 0.5) is 17.6 Å². The van der Waals surface area contributed by atoms with Gasteiger partial charge >= 0.3 is 0 Å². The summed E-state index contributed by atoms with van der Waals surface area (Å²) in [5.74, 6) is -6.59. The normalized spacial score (nSPS) is 10.3. The molecule has 0 aromatic heterocycles. The van der Waals surface area contributed by atoms with Crippen LogP contribution in [0.1, 0.15) is 0 Å². The van der Waals surface area contributed by atoms with Gasteiger partial charge in [0.05, 0.1) is 0 Å². The molecule has 0 aliphatic heterocycles. The van der Waals surface area contributed by atoms with Crippen molar-refractivity contribution in [3.63, 3.8) is 0 Å². The van der Waals surface area contributed by atoms with E-state index in [0.29, 0.717) is 6.07 Å². The van der Waals surface area contributed by atoms with E-state index in [-0.39, 0.29) is 0 Å². The second-order valence-electron chi connectivity index (χ2n) is 1.82. The summed E-state index contributed by atoms with van der Waals surface area (Å²) in [5.41, 5.74) is 0. The van der Waals surface area contributed by atoms with E-state index in [1.807, 2.05) is 0 Å². The zero-order chi connectivity index (χ0) is 8.59. The fourth-order valence-electron chi connectivity index (χ4n) is 0.560. The molecule has 0 atom stereocenters. The molecule has 0 saturated heterocycles. The molecule has 58 valence electrons. The fourth-order valence-corrected chi connectivity index (χ4v) is 0.772. The van der Waals surface area contributed by atoms with E-state index in [9.17, 15) is 17.6 Å². The maximum Gasteiger partial charge on any atom is 0.198 e. The standard InChI is InChI=1S/C6HF4P/c7-2-1-3(11)5(9)6(10)4(2)8/h1H. The summed E-state index contributed by atoms with van der Waals surface area (Å²) in [6.07, 6.45) is 0. The zero-order valence-corrected chi connectivity index (χ0v) is 5.93. The summed E-state index contributed by atoms with van der Waals surface area (Å²) in [6.45, 7) is 0. The molecule has 0 aliphatic carbocycles. The monoisotopic (exact) mass is 180 g/mol. The molecule has 2 radical (unpaired) electrons. The van der Waals surface area contributed by atoms with Crippen molar-refractivity contribution in [3.05, 3.63) is 29.3 Å². The summed E-state index contributed by atoms with van der Waals surface area (Å²) in [4.78, 5) is 0. The number of halogens is 4. The third-order valence-electron chi connectivity index (χ3n) is 1.08. The number of rotatable bonds is 0. The Kier molecular flexibility index (Phi) is 2.14. The van der Waals surface area contributed by atoms with Crippen LogP contribution in [-0.2, 0) is 0 Å². The lowest BCUT2D eigenvalue weighted by Crippen LogP contribution is -2.07. The molecule has 5 heteroatoms. The molecule has 0 N–H and O–H groups in total. The van der Waals surface area contributed by atoms with Crippen LogP contribution in [0.2, 0.25) is 0 Å². The Morgan fingerprint density at radius 2 is 1.45 bits per heavy atom. The van der Waals surface area contributed by atoms with Crippen molar-refractivity contribution < 1.29 is 17.6 Å². The highest BCUT2D eigenvalue weighted by molar-refractivity contribution is 7.27. The molecule has 1 aromatic rings. The number of hydrogen-bond donors (Lipinski definition) is 0. The van der Waals surface area contributed by atoms with E-state index in [1.54, 1.807) is 0 Å². The average molecular weight is 180 g/mol. The first-order valence-electron chi connectivity index (χ1n) is 2.56. The molecular weight excluding hydrogens is 179 g/mol. The predicted octanol–water partition coefficient (Wildman–Crippen LogP) is 2.28. The molecule has 1 rings (SSSR count). The molecule has 0 nitrogen and oxygen atoms in total. The molecule has 0 amide bonds. The summed E-state index contributed by atoms with van der Waals surface area (Å²) < 4.78 is 48.9. The van der Waals surface area contributed by atoms with Crippen molar-refractivity contribution in [1.82, 2.24) is 0 Å². The Labute approximate surface area is 62.4 Å². The van der Waals surface area contributed by atoms with Crippen molar-refractivity contribution in [2.75, 3.05) is 0 Å². The Bertz CT molecular complexity index is 271. The Hall–Kier alpha value is -0.630. The van der Waals surface area contributed by atoms with Crippen LogP contribution in [0.5, 0.6) is 0 Å². The van der Waals surface area contributed by atoms with Gasteiger partial charge in [-0.25, -0.2) is 17.6 Å². The lowest BCUT2D eigenvalue weighted by Gasteiger charge is -1.98. The lowest BCUT2D eigenvalue weighted by molar-refractivity contribution is 0.413. The highest BCUT2D eigenvalue weighted by Crippen LogP contribution is 2.13. The molecule has 0 spiro atoms. The predicted molar refractivity (Wildman–Crippen MR) is 32.8 cm³/mol. The summed E-state index contributed by atoms with van der Waals surface area (Å²) in [7, 11) is 3.36. The molecule has 0 unspecified atom stereocenters. The Morgan fingerprint density at radius 1 is 0.909 bits per heavy atom. The molecule has 0 saturated carbocycles. The quantitative estimate of drug-likeness (QED) is 0.248. The van der Waals surface area contributed by atoms with Gasteiger partial charge in [0.25, 0.3) is 0 Å². The van der Waals surface area contributed by atoms with E-state index >= 15 is 0 Å². The molecule has 0 heterocycles. The van der Waals surface area contributed by atoms with Crippen LogP contribution in [0.25, 0.3) is 0 Å². The molecule has 11 heavy (non-hydrogen) atoms. The van der Waals surface area contributed by atoms with Gasteiger partial charge in [0.1, 0.15) is 0 Å². The minimum atomic E-state index is -1.84. The minimum absolute atomic E-state index is 0.469. The number of hydrogen-bond acceptors (Lipinski definition) is 0. The molecular formula is C6HF4P. The largest absolute Gasteiger partial charge is 0.204 e. The van der Waals surface area contributed by atoms with Gasteiger partial charge in [-0.15, -0.1) is 0 Å². The smallest absolute Gasteiger partial charge is 0.198 e. The van der Waals surface area contributed by atoms with Gasteiger partial charge in [0, 0.05) is 5.30 Å². The maximum atomic E-state index is 12.3. The molecule has 0 fully saturated rings. The van der Waals surface area contributed by atoms with Gasteiger partial charge in [-0.3, -0.25) is 0 Å². The summed E-state index contributed by atoms with van der Waals surface area (Å²) in [6, 6.07) is 0.469. The molecule has 1 aromatic carbocycles. The second kappa shape index (κ2) is 2.78. The SMILES string of the molecule is Fc1cc([P])c(F)c(F)c1F. The van der Waals surface area contributed by atoms with E-state index in [4.69, 9.17) is 0 Å². The van der Waals surface area contributed by atoms with Crippen LogP contribution >= 0.6 is 9.24 Å². The summed E-state index contributed by atoms with van der Waals surface area (Å²) >= 11 is 0. The van der Waals surface area contributed by atoms with Gasteiger partial charge < -0.3 is 0 Å². The van der Waals surface area contributed by atoms with E-state index in [2.05, 4.69) is 9.24 Å². The highest BCUT2D eigenvalue weighted by Gasteiger charge is 2.16. The van der Waals surface area contributed by atoms with Crippen molar-refractivity contribution in [2.45, 2.75) is 0 Å². The zero-order valence-electron chi connectivity index (χ0n) is 5.04. The lowest BCUT2D eigenvalue weighted by atomic mass is 10.3. The first-order chi connectivity index (χ1) is 5.04. The Morgan fingerprint density at radius 3 is 2.00 bits per heavy atom. The van der Waals surface area contributed by atoms with Crippen LogP contribution in [0.3, 0.4) is 0 Å². The first kappa shape index (κ1) is 8.47. The Balaban J connectivity index is 3.46. The van der Waals surface area contributed by atoms with Crippen molar-refractivity contribution in [2.24, 2.45) is 0 Å². The topological polar surface area (TPSA) is 0 Å². The van der Waals surface area contributed by atoms with Gasteiger partial charge in [-0.2, -0.15) is 0 Å². The van der Waals surface area contributed by atoms with Gasteiger partial charge in [-0.1, -0.05) is 0 Å². The van der Waals surface area contributed by atoms with Crippen LogP contribution in [-0.4, -0.2) is 0 Å². The van der Waals surface area contributed by atoms with Crippen molar-refractivity contribution in [1.29, 1.82) is 0 Å². The van der Waals surface area contributed by atoms with Gasteiger partial charge in [0.2, 0.25) is 0 Å². The highest BCUT2D eigenvalue weighted by atomic mass is 31.0.